The highest BCUT2D eigenvalue weighted by molar-refractivity contribution is 6.06. The zero-order chi connectivity index (χ0) is 14.1. The highest BCUT2D eigenvalue weighted by atomic mass is 16.3. The second kappa shape index (κ2) is 5.29. The molecule has 1 aromatic carbocycles. The first-order valence-electron chi connectivity index (χ1n) is 7.22. The Kier molecular flexibility index (Phi) is 3.49. The number of fused-ring (bicyclic) bond motifs is 3. The number of aliphatic hydroxyl groups is 1. The third-order valence-electron chi connectivity index (χ3n) is 4.11. The van der Waals surface area contributed by atoms with Gasteiger partial charge in [0.2, 0.25) is 0 Å². The third-order valence-corrected chi connectivity index (χ3v) is 4.11. The number of nitrogens with one attached hydrogen (secondary N) is 2. The first-order chi connectivity index (χ1) is 9.70. The molecule has 2 aromatic rings. The smallest absolute Gasteiger partial charge is 0.253 e. The maximum absolute atomic E-state index is 12.2. The van der Waals surface area contributed by atoms with Crippen molar-refractivity contribution in [3.05, 3.63) is 35.0 Å². The standard InChI is InChI=1S/C16H20N2O2/c1-10-5-6-14-13(9-10)11-3-2-4-12(15(11)18-14)16(20)17-7-8-19/h2-4,10,18-19H,5-9H2,1H3,(H,17,20). The Hall–Kier alpha value is -1.81. The number of aryl methyl sites for hydroxylation is 1. The fraction of sp³-hybridized carbons (Fsp3) is 0.438. The van der Waals surface area contributed by atoms with Crippen molar-refractivity contribution >= 4 is 16.8 Å². The van der Waals surface area contributed by atoms with Gasteiger partial charge in [-0.05, 0) is 36.8 Å². The van der Waals surface area contributed by atoms with E-state index in [0.29, 0.717) is 11.5 Å². The SMILES string of the molecule is CC1CCc2[nH]c3c(C(=O)NCCO)cccc3c2C1. The number of aromatic nitrogens is 1. The van der Waals surface area contributed by atoms with Crippen molar-refractivity contribution in [3.63, 3.8) is 0 Å². The predicted octanol–water partition coefficient (Wildman–Crippen LogP) is 2.01. The summed E-state index contributed by atoms with van der Waals surface area (Å²) in [5.74, 6) is 0.574. The number of carbonyl (C=O) groups excluding carboxylic acids is 1. The fourth-order valence-electron chi connectivity index (χ4n) is 3.07. The van der Waals surface area contributed by atoms with Gasteiger partial charge in [-0.1, -0.05) is 19.1 Å². The number of amides is 1. The molecule has 1 amide bonds. The molecule has 1 aromatic heterocycles. The summed E-state index contributed by atoms with van der Waals surface area (Å²) in [6.07, 6.45) is 3.34. The summed E-state index contributed by atoms with van der Waals surface area (Å²) < 4.78 is 0. The van der Waals surface area contributed by atoms with E-state index in [1.165, 1.54) is 23.1 Å². The summed E-state index contributed by atoms with van der Waals surface area (Å²) in [5.41, 5.74) is 4.25. The maximum atomic E-state index is 12.2. The van der Waals surface area contributed by atoms with Crippen molar-refractivity contribution in [3.8, 4) is 0 Å². The second-order valence-corrected chi connectivity index (χ2v) is 5.64. The van der Waals surface area contributed by atoms with Crippen LogP contribution in [0.25, 0.3) is 10.9 Å². The second-order valence-electron chi connectivity index (χ2n) is 5.64. The summed E-state index contributed by atoms with van der Waals surface area (Å²) in [6, 6.07) is 5.86. The minimum absolute atomic E-state index is 0.0412. The van der Waals surface area contributed by atoms with Crippen LogP contribution in [0.2, 0.25) is 0 Å². The molecule has 1 heterocycles. The van der Waals surface area contributed by atoms with Gasteiger partial charge in [0.05, 0.1) is 17.7 Å². The predicted molar refractivity (Wildman–Crippen MR) is 78.9 cm³/mol. The lowest BCUT2D eigenvalue weighted by Gasteiger charge is -2.17. The molecule has 0 saturated carbocycles. The molecule has 0 spiro atoms. The van der Waals surface area contributed by atoms with Crippen LogP contribution in [0.1, 0.15) is 35.0 Å². The van der Waals surface area contributed by atoms with Crippen LogP contribution in [0.3, 0.4) is 0 Å². The van der Waals surface area contributed by atoms with Crippen molar-refractivity contribution in [2.24, 2.45) is 5.92 Å². The average molecular weight is 272 g/mol. The molecule has 1 atom stereocenters. The molecular formula is C16H20N2O2. The van der Waals surface area contributed by atoms with Gasteiger partial charge >= 0.3 is 0 Å². The molecule has 106 valence electrons. The van der Waals surface area contributed by atoms with E-state index in [2.05, 4.69) is 23.3 Å². The number of aliphatic hydroxyl groups excluding tert-OH is 1. The number of hydrogen-bond donors (Lipinski definition) is 3. The molecule has 3 N–H and O–H groups in total. The largest absolute Gasteiger partial charge is 0.395 e. The average Bonchev–Trinajstić information content (AvgIpc) is 2.82. The van der Waals surface area contributed by atoms with E-state index in [-0.39, 0.29) is 19.1 Å². The normalized spacial score (nSPS) is 18.0. The lowest BCUT2D eigenvalue weighted by Crippen LogP contribution is -2.26. The van der Waals surface area contributed by atoms with Crippen LogP contribution in [0.5, 0.6) is 0 Å². The quantitative estimate of drug-likeness (QED) is 0.800. The van der Waals surface area contributed by atoms with Gasteiger partial charge in [-0.3, -0.25) is 4.79 Å². The van der Waals surface area contributed by atoms with E-state index in [1.54, 1.807) is 0 Å². The fourth-order valence-corrected chi connectivity index (χ4v) is 3.07. The Balaban J connectivity index is 2.05. The Bertz CT molecular complexity index is 645. The number of para-hydroxylation sites is 1. The van der Waals surface area contributed by atoms with Gasteiger partial charge in [0, 0.05) is 17.6 Å². The minimum atomic E-state index is -0.128. The van der Waals surface area contributed by atoms with E-state index >= 15 is 0 Å². The number of benzene rings is 1. The molecule has 0 saturated heterocycles. The molecule has 4 nitrogen and oxygen atoms in total. The molecule has 0 bridgehead atoms. The number of hydrogen-bond acceptors (Lipinski definition) is 2. The molecule has 1 aliphatic carbocycles. The monoisotopic (exact) mass is 272 g/mol. The zero-order valence-electron chi connectivity index (χ0n) is 11.7. The van der Waals surface area contributed by atoms with Crippen LogP contribution >= 0.6 is 0 Å². The summed E-state index contributed by atoms with van der Waals surface area (Å²) in [5, 5.41) is 12.7. The molecule has 0 radical (unpaired) electrons. The van der Waals surface area contributed by atoms with E-state index in [1.807, 2.05) is 12.1 Å². The highest BCUT2D eigenvalue weighted by Gasteiger charge is 2.22. The van der Waals surface area contributed by atoms with Gasteiger partial charge in [0.15, 0.2) is 0 Å². The highest BCUT2D eigenvalue weighted by Crippen LogP contribution is 2.32. The van der Waals surface area contributed by atoms with Gasteiger partial charge in [-0.25, -0.2) is 0 Å². The first-order valence-corrected chi connectivity index (χ1v) is 7.22. The van der Waals surface area contributed by atoms with Gasteiger partial charge in [0.25, 0.3) is 5.91 Å². The van der Waals surface area contributed by atoms with E-state index in [0.717, 1.165) is 18.4 Å². The molecular weight excluding hydrogens is 252 g/mol. The summed E-state index contributed by atoms with van der Waals surface area (Å²) in [7, 11) is 0. The van der Waals surface area contributed by atoms with Crippen molar-refractivity contribution in [2.45, 2.75) is 26.2 Å². The van der Waals surface area contributed by atoms with Crippen LogP contribution in [0, 0.1) is 5.92 Å². The summed E-state index contributed by atoms with van der Waals surface area (Å²) in [6.45, 7) is 2.52. The molecule has 1 aliphatic rings. The number of aromatic amines is 1. The maximum Gasteiger partial charge on any atom is 0.253 e. The molecule has 1 unspecified atom stereocenters. The molecule has 3 rings (SSSR count). The van der Waals surface area contributed by atoms with Crippen LogP contribution in [-0.4, -0.2) is 29.1 Å². The number of rotatable bonds is 3. The zero-order valence-corrected chi connectivity index (χ0v) is 11.7. The Morgan fingerprint density at radius 3 is 3.15 bits per heavy atom. The van der Waals surface area contributed by atoms with Gasteiger partial charge in [0.1, 0.15) is 0 Å². The first kappa shape index (κ1) is 13.2. The number of H-pyrrole nitrogens is 1. The Morgan fingerprint density at radius 1 is 1.50 bits per heavy atom. The Labute approximate surface area is 118 Å². The third kappa shape index (κ3) is 2.20. The van der Waals surface area contributed by atoms with Crippen LogP contribution < -0.4 is 5.32 Å². The van der Waals surface area contributed by atoms with Crippen LogP contribution in [0.4, 0.5) is 0 Å². The summed E-state index contributed by atoms with van der Waals surface area (Å²) >= 11 is 0. The Morgan fingerprint density at radius 2 is 2.35 bits per heavy atom. The van der Waals surface area contributed by atoms with E-state index in [9.17, 15) is 4.79 Å². The van der Waals surface area contributed by atoms with Crippen molar-refractivity contribution in [1.29, 1.82) is 0 Å². The van der Waals surface area contributed by atoms with E-state index < -0.39 is 0 Å². The topological polar surface area (TPSA) is 65.1 Å². The lowest BCUT2D eigenvalue weighted by atomic mass is 9.87. The summed E-state index contributed by atoms with van der Waals surface area (Å²) in [4.78, 5) is 15.6. The van der Waals surface area contributed by atoms with Crippen molar-refractivity contribution in [2.75, 3.05) is 13.2 Å². The molecule has 0 aliphatic heterocycles. The minimum Gasteiger partial charge on any atom is -0.395 e. The van der Waals surface area contributed by atoms with Crippen molar-refractivity contribution < 1.29 is 9.90 Å². The van der Waals surface area contributed by atoms with Gasteiger partial charge < -0.3 is 15.4 Å². The molecule has 0 fully saturated rings. The van der Waals surface area contributed by atoms with Gasteiger partial charge in [-0.2, -0.15) is 0 Å². The van der Waals surface area contributed by atoms with Gasteiger partial charge in [-0.15, -0.1) is 0 Å². The van der Waals surface area contributed by atoms with Crippen LogP contribution in [-0.2, 0) is 12.8 Å². The van der Waals surface area contributed by atoms with E-state index in [4.69, 9.17) is 5.11 Å². The van der Waals surface area contributed by atoms with Crippen molar-refractivity contribution in [1.82, 2.24) is 10.3 Å². The number of carbonyl (C=O) groups is 1. The van der Waals surface area contributed by atoms with Crippen LogP contribution in [0.15, 0.2) is 18.2 Å². The lowest BCUT2D eigenvalue weighted by molar-refractivity contribution is 0.0946. The molecule has 4 heteroatoms. The molecule has 20 heavy (non-hydrogen) atoms.